The number of alkyl halides is 3. The number of rotatable bonds is 3. The lowest BCUT2D eigenvalue weighted by atomic mass is 10.0. The third-order valence-corrected chi connectivity index (χ3v) is 2.24. The minimum atomic E-state index is -4.59. The van der Waals surface area contributed by atoms with E-state index >= 15 is 0 Å². The summed E-state index contributed by atoms with van der Waals surface area (Å²) in [6, 6.07) is -0.654. The first-order valence-corrected chi connectivity index (χ1v) is 4.52. The number of aromatic nitrogens is 2. The maximum Gasteiger partial charge on any atom is 0.455 e. The molecule has 0 aromatic carbocycles. The topological polar surface area (TPSA) is 64.9 Å². The van der Waals surface area contributed by atoms with Crippen LogP contribution >= 0.6 is 0 Å². The van der Waals surface area contributed by atoms with Crippen LogP contribution in [0.15, 0.2) is 4.52 Å². The highest BCUT2D eigenvalue weighted by Crippen LogP contribution is 2.28. The smallest absolute Gasteiger partial charge is 0.337 e. The van der Waals surface area contributed by atoms with Crippen molar-refractivity contribution < 1.29 is 17.7 Å². The summed E-state index contributed by atoms with van der Waals surface area (Å²) < 4.78 is 40.8. The molecular formula is C8H12F3N3O. The Labute approximate surface area is 84.6 Å². The monoisotopic (exact) mass is 223 g/mol. The van der Waals surface area contributed by atoms with Gasteiger partial charge in [0.25, 0.3) is 5.82 Å². The van der Waals surface area contributed by atoms with Gasteiger partial charge in [0.2, 0.25) is 5.89 Å². The Morgan fingerprint density at radius 2 is 2.07 bits per heavy atom. The van der Waals surface area contributed by atoms with Gasteiger partial charge in [0, 0.05) is 0 Å². The van der Waals surface area contributed by atoms with Gasteiger partial charge >= 0.3 is 6.18 Å². The van der Waals surface area contributed by atoms with E-state index in [1.54, 1.807) is 0 Å². The zero-order valence-corrected chi connectivity index (χ0v) is 8.38. The Morgan fingerprint density at radius 1 is 1.47 bits per heavy atom. The highest BCUT2D eigenvalue weighted by atomic mass is 19.4. The van der Waals surface area contributed by atoms with Crippen LogP contribution in [0.2, 0.25) is 0 Å². The first-order valence-electron chi connectivity index (χ1n) is 4.52. The van der Waals surface area contributed by atoms with E-state index in [4.69, 9.17) is 5.73 Å². The average Bonchev–Trinajstić information content (AvgIpc) is 2.63. The maximum atomic E-state index is 12.1. The number of nitrogens with two attached hydrogens (primary N) is 1. The van der Waals surface area contributed by atoms with Gasteiger partial charge in [-0.2, -0.15) is 18.2 Å². The summed E-state index contributed by atoms with van der Waals surface area (Å²) in [5, 5.41) is 2.83. The molecule has 0 unspecified atom stereocenters. The molecule has 2 atom stereocenters. The molecule has 0 amide bonds. The molecule has 1 heterocycles. The number of halogens is 3. The summed E-state index contributed by atoms with van der Waals surface area (Å²) >= 11 is 0. The molecule has 7 heteroatoms. The molecule has 0 fully saturated rings. The van der Waals surface area contributed by atoms with Crippen molar-refractivity contribution in [1.82, 2.24) is 10.1 Å². The second-order valence-electron chi connectivity index (χ2n) is 3.37. The quantitative estimate of drug-likeness (QED) is 0.852. The van der Waals surface area contributed by atoms with Crippen molar-refractivity contribution in [3.63, 3.8) is 0 Å². The molecule has 0 aliphatic carbocycles. The average molecular weight is 223 g/mol. The van der Waals surface area contributed by atoms with Crippen LogP contribution in [-0.2, 0) is 6.18 Å². The molecule has 2 N–H and O–H groups in total. The largest absolute Gasteiger partial charge is 0.455 e. The summed E-state index contributed by atoms with van der Waals surface area (Å²) in [5.74, 6) is -1.46. The van der Waals surface area contributed by atoms with Crippen molar-refractivity contribution in [2.24, 2.45) is 11.7 Å². The summed E-state index contributed by atoms with van der Waals surface area (Å²) in [6.07, 6.45) is -3.86. The van der Waals surface area contributed by atoms with Crippen LogP contribution in [0.25, 0.3) is 0 Å². The highest BCUT2D eigenvalue weighted by molar-refractivity contribution is 4.96. The van der Waals surface area contributed by atoms with Crippen LogP contribution in [0.3, 0.4) is 0 Å². The van der Waals surface area contributed by atoms with Crippen LogP contribution in [0, 0.1) is 5.92 Å². The summed E-state index contributed by atoms with van der Waals surface area (Å²) in [4.78, 5) is 3.22. The standard InChI is InChI=1S/C8H12F3N3O/c1-3-4(2)5(12)6-13-7(14-15-6)8(9,10)11/h4-5H,3,12H2,1-2H3/t4-,5-/m0/s1. The van der Waals surface area contributed by atoms with E-state index in [2.05, 4.69) is 14.7 Å². The van der Waals surface area contributed by atoms with Gasteiger partial charge in [-0.05, 0) is 5.92 Å². The van der Waals surface area contributed by atoms with Gasteiger partial charge in [0.05, 0.1) is 6.04 Å². The van der Waals surface area contributed by atoms with Crippen LogP contribution < -0.4 is 5.73 Å². The normalized spacial score (nSPS) is 16.4. The Balaban J connectivity index is 2.85. The van der Waals surface area contributed by atoms with Gasteiger partial charge < -0.3 is 10.3 Å². The Kier molecular flexibility index (Phi) is 3.33. The van der Waals surface area contributed by atoms with Crippen molar-refractivity contribution in [1.29, 1.82) is 0 Å². The molecule has 1 rings (SSSR count). The minimum Gasteiger partial charge on any atom is -0.337 e. The van der Waals surface area contributed by atoms with Crippen molar-refractivity contribution >= 4 is 0 Å². The van der Waals surface area contributed by atoms with Gasteiger partial charge in [-0.1, -0.05) is 25.4 Å². The molecule has 0 radical (unpaired) electrons. The molecule has 86 valence electrons. The van der Waals surface area contributed by atoms with Gasteiger partial charge in [-0.3, -0.25) is 0 Å². The van der Waals surface area contributed by atoms with Crippen LogP contribution in [0.1, 0.15) is 38.0 Å². The second kappa shape index (κ2) is 4.18. The van der Waals surface area contributed by atoms with E-state index < -0.39 is 18.0 Å². The fourth-order valence-corrected chi connectivity index (χ4v) is 0.983. The Hall–Kier alpha value is -1.11. The van der Waals surface area contributed by atoms with Crippen molar-refractivity contribution in [2.45, 2.75) is 32.5 Å². The van der Waals surface area contributed by atoms with E-state index in [9.17, 15) is 13.2 Å². The fourth-order valence-electron chi connectivity index (χ4n) is 0.983. The second-order valence-corrected chi connectivity index (χ2v) is 3.37. The van der Waals surface area contributed by atoms with Crippen LogP contribution in [0.5, 0.6) is 0 Å². The molecule has 0 spiro atoms. The highest BCUT2D eigenvalue weighted by Gasteiger charge is 2.38. The van der Waals surface area contributed by atoms with Gasteiger partial charge in [-0.15, -0.1) is 0 Å². The van der Waals surface area contributed by atoms with Crippen molar-refractivity contribution in [3.05, 3.63) is 11.7 Å². The third kappa shape index (κ3) is 2.68. The molecule has 0 saturated heterocycles. The molecule has 0 aliphatic rings. The first-order chi connectivity index (χ1) is 6.86. The molecule has 0 saturated carbocycles. The predicted octanol–water partition coefficient (Wildman–Crippen LogP) is 2.13. The molecule has 0 aliphatic heterocycles. The first kappa shape index (κ1) is 12.0. The molecule has 15 heavy (non-hydrogen) atoms. The van der Waals surface area contributed by atoms with Crippen molar-refractivity contribution in [2.75, 3.05) is 0 Å². The lowest BCUT2D eigenvalue weighted by Gasteiger charge is -2.12. The van der Waals surface area contributed by atoms with Gasteiger partial charge in [0.1, 0.15) is 0 Å². The Bertz CT molecular complexity index is 323. The van der Waals surface area contributed by atoms with Gasteiger partial charge in [-0.25, -0.2) is 0 Å². The van der Waals surface area contributed by atoms with E-state index in [-0.39, 0.29) is 11.8 Å². The zero-order valence-electron chi connectivity index (χ0n) is 8.38. The Morgan fingerprint density at radius 3 is 2.47 bits per heavy atom. The molecule has 4 nitrogen and oxygen atoms in total. The molecule has 0 bridgehead atoms. The molecule has 1 aromatic heterocycles. The zero-order chi connectivity index (χ0) is 11.6. The molecular weight excluding hydrogens is 211 g/mol. The summed E-state index contributed by atoms with van der Waals surface area (Å²) in [5.41, 5.74) is 5.64. The number of hydrogen-bond acceptors (Lipinski definition) is 4. The fraction of sp³-hybridized carbons (Fsp3) is 0.750. The van der Waals surface area contributed by atoms with Crippen LogP contribution in [0.4, 0.5) is 13.2 Å². The third-order valence-electron chi connectivity index (χ3n) is 2.24. The number of nitrogens with zero attached hydrogens (tertiary/aromatic N) is 2. The van der Waals surface area contributed by atoms with Crippen molar-refractivity contribution in [3.8, 4) is 0 Å². The lowest BCUT2D eigenvalue weighted by molar-refractivity contribution is -0.146. The number of hydrogen-bond donors (Lipinski definition) is 1. The van der Waals surface area contributed by atoms with Gasteiger partial charge in [0.15, 0.2) is 0 Å². The van der Waals surface area contributed by atoms with E-state index in [1.807, 2.05) is 13.8 Å². The van der Waals surface area contributed by atoms with Crippen LogP contribution in [-0.4, -0.2) is 10.1 Å². The predicted molar refractivity (Wildman–Crippen MR) is 45.7 cm³/mol. The molecule has 1 aromatic rings. The lowest BCUT2D eigenvalue weighted by Crippen LogP contribution is -2.19. The SMILES string of the molecule is CC[C@H](C)[C@H](N)c1nc(C(F)(F)F)no1. The van der Waals surface area contributed by atoms with E-state index in [0.717, 1.165) is 6.42 Å². The minimum absolute atomic E-state index is 0.00784. The van der Waals surface area contributed by atoms with E-state index in [1.165, 1.54) is 0 Å². The summed E-state index contributed by atoms with van der Waals surface area (Å²) in [7, 11) is 0. The van der Waals surface area contributed by atoms with E-state index in [0.29, 0.717) is 0 Å². The maximum absolute atomic E-state index is 12.1. The summed E-state index contributed by atoms with van der Waals surface area (Å²) in [6.45, 7) is 3.69.